The summed E-state index contributed by atoms with van der Waals surface area (Å²) in [4.78, 5) is 0. The maximum absolute atomic E-state index is 13.3. The fourth-order valence-electron chi connectivity index (χ4n) is 1.55. The molecular weight excluding hydrogens is 188 g/mol. The Labute approximate surface area is 81.9 Å². The lowest BCUT2D eigenvalue weighted by Gasteiger charge is -2.24. The Bertz CT molecular complexity index is 261. The average molecular weight is 203 g/mol. The van der Waals surface area contributed by atoms with Crippen molar-refractivity contribution in [1.82, 2.24) is 0 Å². The van der Waals surface area contributed by atoms with Gasteiger partial charge in [0.2, 0.25) is 0 Å². The van der Waals surface area contributed by atoms with Crippen LogP contribution in [0.15, 0.2) is 5.10 Å². The Morgan fingerprint density at radius 3 is 2.71 bits per heavy atom. The lowest BCUT2D eigenvalue weighted by atomic mass is 9.88. The van der Waals surface area contributed by atoms with Crippen LogP contribution in [0.3, 0.4) is 0 Å². The average Bonchev–Trinajstić information content (AvgIpc) is 2.14. The van der Waals surface area contributed by atoms with Gasteiger partial charge in [-0.05, 0) is 25.2 Å². The van der Waals surface area contributed by atoms with Gasteiger partial charge in [0.15, 0.2) is 0 Å². The van der Waals surface area contributed by atoms with Crippen molar-refractivity contribution < 1.29 is 8.78 Å². The van der Waals surface area contributed by atoms with Gasteiger partial charge in [0, 0.05) is 6.42 Å². The predicted molar refractivity (Wildman–Crippen MR) is 51.9 cm³/mol. The van der Waals surface area contributed by atoms with E-state index in [1.807, 2.05) is 6.92 Å². The largest absolute Gasteiger partial charge is 0.323 e. The number of hydrazone groups is 1. The second-order valence-corrected chi connectivity index (χ2v) is 3.84. The summed E-state index contributed by atoms with van der Waals surface area (Å²) in [5, 5.41) is 10.6. The van der Waals surface area contributed by atoms with Crippen LogP contribution in [-0.4, -0.2) is 17.3 Å². The zero-order chi connectivity index (χ0) is 10.8. The highest BCUT2D eigenvalue weighted by molar-refractivity contribution is 6.43. The zero-order valence-corrected chi connectivity index (χ0v) is 8.19. The molecule has 1 atom stereocenters. The number of nitrogens with one attached hydrogen (secondary N) is 1. The number of nitrogens with zero attached hydrogens (tertiary/aromatic N) is 1. The molecule has 1 rings (SSSR count). The molecule has 80 valence electrons. The summed E-state index contributed by atoms with van der Waals surface area (Å²) in [6.45, 7) is 1.93. The fourth-order valence-corrected chi connectivity index (χ4v) is 1.55. The smallest absolute Gasteiger partial charge is 0.290 e. The Morgan fingerprint density at radius 1 is 1.50 bits per heavy atom. The monoisotopic (exact) mass is 203 g/mol. The Balaban J connectivity index is 2.86. The highest BCUT2D eigenvalue weighted by Crippen LogP contribution is 2.29. The molecule has 0 amide bonds. The van der Waals surface area contributed by atoms with E-state index in [0.29, 0.717) is 12.8 Å². The first-order valence-electron chi connectivity index (χ1n) is 4.71. The minimum Gasteiger partial charge on any atom is -0.323 e. The van der Waals surface area contributed by atoms with E-state index in [2.05, 4.69) is 5.10 Å². The topological polar surface area (TPSA) is 62.2 Å². The van der Waals surface area contributed by atoms with E-state index in [1.165, 1.54) is 0 Å². The summed E-state index contributed by atoms with van der Waals surface area (Å²) >= 11 is 0. The van der Waals surface area contributed by atoms with Gasteiger partial charge < -0.3 is 5.84 Å². The first-order valence-corrected chi connectivity index (χ1v) is 4.71. The summed E-state index contributed by atoms with van der Waals surface area (Å²) < 4.78 is 26.6. The van der Waals surface area contributed by atoms with Crippen LogP contribution in [0.4, 0.5) is 8.78 Å². The molecule has 1 aliphatic carbocycles. The summed E-state index contributed by atoms with van der Waals surface area (Å²) in [5.41, 5.74) is -0.659. The van der Waals surface area contributed by atoms with Crippen molar-refractivity contribution in [2.24, 2.45) is 16.9 Å². The van der Waals surface area contributed by atoms with Crippen molar-refractivity contribution in [3.8, 4) is 0 Å². The van der Waals surface area contributed by atoms with Crippen molar-refractivity contribution in [2.45, 2.75) is 38.5 Å². The molecule has 0 aromatic heterocycles. The summed E-state index contributed by atoms with van der Waals surface area (Å²) in [6, 6.07) is 0. The van der Waals surface area contributed by atoms with E-state index in [0.717, 1.165) is 6.42 Å². The SMILES string of the molecule is CC1CCC(=NN)C(=N)C(F)(F)CC1. The molecule has 0 aromatic rings. The van der Waals surface area contributed by atoms with Gasteiger partial charge in [-0.1, -0.05) is 6.92 Å². The number of hydrogen-bond donors (Lipinski definition) is 2. The first kappa shape index (κ1) is 11.1. The normalized spacial score (nSPS) is 31.2. The summed E-state index contributed by atoms with van der Waals surface area (Å²) in [6.07, 6.45) is 1.33. The molecule has 0 saturated heterocycles. The van der Waals surface area contributed by atoms with Gasteiger partial charge in [0.25, 0.3) is 5.92 Å². The third kappa shape index (κ3) is 2.27. The van der Waals surface area contributed by atoms with Crippen molar-refractivity contribution in [2.75, 3.05) is 0 Å². The molecule has 1 unspecified atom stereocenters. The van der Waals surface area contributed by atoms with Crippen molar-refractivity contribution in [3.63, 3.8) is 0 Å². The Morgan fingerprint density at radius 2 is 2.14 bits per heavy atom. The van der Waals surface area contributed by atoms with Crippen LogP contribution in [0.2, 0.25) is 0 Å². The molecule has 3 nitrogen and oxygen atoms in total. The minimum atomic E-state index is -3.06. The molecule has 0 bridgehead atoms. The molecule has 14 heavy (non-hydrogen) atoms. The van der Waals surface area contributed by atoms with Crippen LogP contribution in [-0.2, 0) is 0 Å². The fraction of sp³-hybridized carbons (Fsp3) is 0.778. The number of halogens is 2. The van der Waals surface area contributed by atoms with Gasteiger partial charge in [-0.2, -0.15) is 13.9 Å². The third-order valence-electron chi connectivity index (χ3n) is 2.64. The van der Waals surface area contributed by atoms with Crippen molar-refractivity contribution in [1.29, 1.82) is 5.41 Å². The van der Waals surface area contributed by atoms with Gasteiger partial charge in [-0.15, -0.1) is 0 Å². The molecular formula is C9H15F2N3. The molecule has 0 aromatic carbocycles. The number of alkyl halides is 2. The Kier molecular flexibility index (Phi) is 3.18. The molecule has 0 spiro atoms. The van der Waals surface area contributed by atoms with Crippen molar-refractivity contribution in [3.05, 3.63) is 0 Å². The van der Waals surface area contributed by atoms with Crippen LogP contribution >= 0.6 is 0 Å². The minimum absolute atomic E-state index is 0.0431. The van der Waals surface area contributed by atoms with E-state index in [4.69, 9.17) is 11.3 Å². The van der Waals surface area contributed by atoms with E-state index in [9.17, 15) is 8.78 Å². The van der Waals surface area contributed by atoms with Crippen molar-refractivity contribution >= 4 is 11.4 Å². The molecule has 1 fully saturated rings. The lowest BCUT2D eigenvalue weighted by Crippen LogP contribution is -2.37. The molecule has 3 N–H and O–H groups in total. The maximum Gasteiger partial charge on any atom is 0.290 e. The van der Waals surface area contributed by atoms with Gasteiger partial charge in [0.05, 0.1) is 5.71 Å². The molecule has 1 saturated carbocycles. The van der Waals surface area contributed by atoms with E-state index in [1.54, 1.807) is 0 Å². The number of rotatable bonds is 0. The predicted octanol–water partition coefficient (Wildman–Crippen LogP) is 2.17. The molecule has 5 heteroatoms. The quantitative estimate of drug-likeness (QED) is 0.460. The standard InChI is InChI=1S/C9H15F2N3/c1-6-2-3-7(14-13)8(12)9(10,11)5-4-6/h6,12H,2-5,13H2,1H3. The molecule has 1 aliphatic rings. The highest BCUT2D eigenvalue weighted by Gasteiger charge is 2.38. The van der Waals surface area contributed by atoms with Gasteiger partial charge in [-0.3, -0.25) is 5.41 Å². The number of hydrogen-bond acceptors (Lipinski definition) is 3. The molecule has 0 radical (unpaired) electrons. The summed E-state index contributed by atoms with van der Waals surface area (Å²) in [5.74, 6) is 2.17. The van der Waals surface area contributed by atoms with E-state index >= 15 is 0 Å². The van der Waals surface area contributed by atoms with Crippen LogP contribution in [0.25, 0.3) is 0 Å². The van der Waals surface area contributed by atoms with Crippen LogP contribution in [0.1, 0.15) is 32.6 Å². The second-order valence-electron chi connectivity index (χ2n) is 3.84. The molecule has 0 heterocycles. The number of nitrogens with two attached hydrogens (primary N) is 1. The Hall–Kier alpha value is -1.00. The van der Waals surface area contributed by atoms with E-state index in [-0.39, 0.29) is 18.1 Å². The third-order valence-corrected chi connectivity index (χ3v) is 2.64. The van der Waals surface area contributed by atoms with Crippen LogP contribution in [0.5, 0.6) is 0 Å². The van der Waals surface area contributed by atoms with Gasteiger partial charge in [0.1, 0.15) is 5.71 Å². The van der Waals surface area contributed by atoms with Crippen LogP contribution in [0, 0.1) is 11.3 Å². The maximum atomic E-state index is 13.3. The highest BCUT2D eigenvalue weighted by atomic mass is 19.3. The van der Waals surface area contributed by atoms with Gasteiger partial charge in [-0.25, -0.2) is 0 Å². The first-order chi connectivity index (χ1) is 6.47. The summed E-state index contributed by atoms with van der Waals surface area (Å²) in [7, 11) is 0. The molecule has 0 aliphatic heterocycles. The zero-order valence-electron chi connectivity index (χ0n) is 8.19. The van der Waals surface area contributed by atoms with Gasteiger partial charge >= 0.3 is 0 Å². The second kappa shape index (κ2) is 4.02. The van der Waals surface area contributed by atoms with Crippen LogP contribution < -0.4 is 5.84 Å². The van der Waals surface area contributed by atoms with E-state index < -0.39 is 11.6 Å². The lowest BCUT2D eigenvalue weighted by molar-refractivity contribution is 0.0607.